The van der Waals surface area contributed by atoms with E-state index < -0.39 is 5.91 Å². The van der Waals surface area contributed by atoms with Crippen LogP contribution in [0.5, 0.6) is 0 Å². The summed E-state index contributed by atoms with van der Waals surface area (Å²) in [6, 6.07) is 3.41. The molecule has 9 heteroatoms. The number of anilines is 3. The maximum Gasteiger partial charge on any atom is 0.271 e. The second kappa shape index (κ2) is 8.15. The van der Waals surface area contributed by atoms with Crippen LogP contribution in [-0.4, -0.2) is 33.2 Å². The van der Waals surface area contributed by atoms with Crippen molar-refractivity contribution >= 4 is 29.5 Å². The van der Waals surface area contributed by atoms with E-state index in [0.717, 1.165) is 18.4 Å². The first-order valence-electron chi connectivity index (χ1n) is 7.82. The zero-order valence-corrected chi connectivity index (χ0v) is 14.1. The van der Waals surface area contributed by atoms with Crippen molar-refractivity contribution in [1.82, 2.24) is 15.0 Å². The molecule has 0 spiro atoms. The average molecular weight is 343 g/mol. The van der Waals surface area contributed by atoms with Gasteiger partial charge in [0, 0.05) is 12.1 Å². The number of aromatic nitrogens is 3. The van der Waals surface area contributed by atoms with Crippen molar-refractivity contribution in [2.24, 2.45) is 11.6 Å². The fourth-order valence-electron chi connectivity index (χ4n) is 2.09. The molecule has 2 rings (SSSR count). The molecule has 0 aliphatic heterocycles. The zero-order valence-electron chi connectivity index (χ0n) is 14.1. The number of aldehydes is 1. The first-order chi connectivity index (χ1) is 12.0. The van der Waals surface area contributed by atoms with Crippen LogP contribution < -0.4 is 21.9 Å². The Morgan fingerprint density at radius 2 is 2.12 bits per heavy atom. The molecule has 0 fully saturated rings. The minimum atomic E-state index is -0.718. The van der Waals surface area contributed by atoms with Gasteiger partial charge in [0.15, 0.2) is 17.3 Å². The molecule has 0 aromatic carbocycles. The normalized spacial score (nSPS) is 11.6. The molecule has 2 aromatic rings. The average Bonchev–Trinajstić information content (AvgIpc) is 2.61. The number of carbonyl (C=O) groups excluding carboxylic acids is 2. The summed E-state index contributed by atoms with van der Waals surface area (Å²) < 4.78 is 0. The van der Waals surface area contributed by atoms with Crippen LogP contribution in [0.25, 0.3) is 0 Å². The number of rotatable bonds is 8. The third-order valence-corrected chi connectivity index (χ3v) is 3.62. The van der Waals surface area contributed by atoms with Gasteiger partial charge in [0.05, 0.1) is 24.1 Å². The first-order valence-corrected chi connectivity index (χ1v) is 7.82. The summed E-state index contributed by atoms with van der Waals surface area (Å²) in [5, 5.41) is 4.30. The maximum absolute atomic E-state index is 11.6. The Kier molecular flexibility index (Phi) is 5.96. The van der Waals surface area contributed by atoms with Crippen molar-refractivity contribution in [3.63, 3.8) is 0 Å². The van der Waals surface area contributed by atoms with Crippen LogP contribution in [0.2, 0.25) is 0 Å². The molecular weight excluding hydrogens is 322 g/mol. The van der Waals surface area contributed by atoms with E-state index in [1.807, 2.05) is 19.1 Å². The Balaban J connectivity index is 2.33. The Morgan fingerprint density at radius 1 is 1.36 bits per heavy atom. The number of nitrogens with one attached hydrogen (secondary N) is 1. The van der Waals surface area contributed by atoms with Crippen LogP contribution >= 0.6 is 0 Å². The number of carbonyl (C=O) groups is 2. The molecule has 0 saturated carbocycles. The fraction of sp³-hybridized carbons (Fsp3) is 0.312. The molecule has 0 aliphatic carbocycles. The standard InChI is InChI=1S/C16H21N7O2/c1-3-11-4-5-12(8-19-11)21-16-14(15(17)25)20-9-13(22-16)23(18)10(2)6-7-24/h4-5,7-10H,3,6,18H2,1-2H3,(H2,17,25)(H,21,22). The Hall–Kier alpha value is -3.07. The number of nitrogens with two attached hydrogens (primary N) is 2. The summed E-state index contributed by atoms with van der Waals surface area (Å²) in [4.78, 5) is 34.9. The van der Waals surface area contributed by atoms with E-state index in [-0.39, 0.29) is 24.0 Å². The highest BCUT2D eigenvalue weighted by Gasteiger charge is 2.18. The van der Waals surface area contributed by atoms with Crippen molar-refractivity contribution in [3.05, 3.63) is 35.9 Å². The second-order valence-corrected chi connectivity index (χ2v) is 5.47. The summed E-state index contributed by atoms with van der Waals surface area (Å²) >= 11 is 0. The second-order valence-electron chi connectivity index (χ2n) is 5.47. The molecular formula is C16H21N7O2. The van der Waals surface area contributed by atoms with Crippen LogP contribution in [0.3, 0.4) is 0 Å². The highest BCUT2D eigenvalue weighted by molar-refractivity contribution is 5.96. The van der Waals surface area contributed by atoms with Gasteiger partial charge in [-0.25, -0.2) is 15.8 Å². The van der Waals surface area contributed by atoms with Gasteiger partial charge in [-0.05, 0) is 25.5 Å². The van der Waals surface area contributed by atoms with Gasteiger partial charge >= 0.3 is 0 Å². The monoisotopic (exact) mass is 343 g/mol. The van der Waals surface area contributed by atoms with E-state index in [4.69, 9.17) is 11.6 Å². The summed E-state index contributed by atoms with van der Waals surface area (Å²) in [7, 11) is 0. The van der Waals surface area contributed by atoms with Crippen LogP contribution in [0.4, 0.5) is 17.3 Å². The van der Waals surface area contributed by atoms with Crippen molar-refractivity contribution in [1.29, 1.82) is 0 Å². The first kappa shape index (κ1) is 18.3. The lowest BCUT2D eigenvalue weighted by molar-refractivity contribution is -0.108. The van der Waals surface area contributed by atoms with Crippen molar-refractivity contribution < 1.29 is 9.59 Å². The summed E-state index contributed by atoms with van der Waals surface area (Å²) in [5.74, 6) is 5.72. The number of hydrogen-bond acceptors (Lipinski definition) is 8. The van der Waals surface area contributed by atoms with Crippen molar-refractivity contribution in [3.8, 4) is 0 Å². The minimum Gasteiger partial charge on any atom is -0.364 e. The van der Waals surface area contributed by atoms with Crippen LogP contribution in [0.1, 0.15) is 36.5 Å². The van der Waals surface area contributed by atoms with Gasteiger partial charge < -0.3 is 15.8 Å². The maximum atomic E-state index is 11.6. The molecule has 0 saturated heterocycles. The topological polar surface area (TPSA) is 140 Å². The molecule has 0 bridgehead atoms. The van der Waals surface area contributed by atoms with Gasteiger partial charge in [-0.15, -0.1) is 0 Å². The number of amides is 1. The molecule has 9 nitrogen and oxygen atoms in total. The van der Waals surface area contributed by atoms with Crippen molar-refractivity contribution in [2.75, 3.05) is 10.3 Å². The quantitative estimate of drug-likeness (QED) is 0.365. The number of pyridine rings is 1. The van der Waals surface area contributed by atoms with E-state index in [0.29, 0.717) is 11.5 Å². The van der Waals surface area contributed by atoms with E-state index in [9.17, 15) is 9.59 Å². The SMILES string of the molecule is CCc1ccc(Nc2nc(N(N)C(C)CC=O)cnc2C(N)=O)cn1. The molecule has 1 unspecified atom stereocenters. The van der Waals surface area contributed by atoms with Gasteiger partial charge in [-0.3, -0.25) is 14.8 Å². The highest BCUT2D eigenvalue weighted by Crippen LogP contribution is 2.21. The van der Waals surface area contributed by atoms with Gasteiger partial charge in [0.25, 0.3) is 5.91 Å². The number of aryl methyl sites for hydroxylation is 1. The largest absolute Gasteiger partial charge is 0.364 e. The van der Waals surface area contributed by atoms with Gasteiger partial charge in [0.2, 0.25) is 0 Å². The van der Waals surface area contributed by atoms with E-state index >= 15 is 0 Å². The predicted octanol–water partition coefficient (Wildman–Crippen LogP) is 0.934. The molecule has 1 atom stereocenters. The Labute approximate surface area is 145 Å². The van der Waals surface area contributed by atoms with Crippen molar-refractivity contribution in [2.45, 2.75) is 32.7 Å². The molecule has 1 amide bonds. The number of primary amides is 1. The molecule has 2 aromatic heterocycles. The Bertz CT molecular complexity index is 749. The molecule has 0 aliphatic rings. The molecule has 25 heavy (non-hydrogen) atoms. The summed E-state index contributed by atoms with van der Waals surface area (Å²) in [5.41, 5.74) is 6.92. The minimum absolute atomic E-state index is 0.0141. The van der Waals surface area contributed by atoms with Crippen LogP contribution in [-0.2, 0) is 11.2 Å². The lowest BCUT2D eigenvalue weighted by Crippen LogP contribution is -2.40. The zero-order chi connectivity index (χ0) is 18.4. The van der Waals surface area contributed by atoms with Gasteiger partial charge in [-0.2, -0.15) is 0 Å². The van der Waals surface area contributed by atoms with Crippen LogP contribution in [0, 0.1) is 0 Å². The smallest absolute Gasteiger partial charge is 0.271 e. The predicted molar refractivity (Wildman–Crippen MR) is 94.3 cm³/mol. The lowest BCUT2D eigenvalue weighted by atomic mass is 10.2. The lowest BCUT2D eigenvalue weighted by Gasteiger charge is -2.24. The molecule has 5 N–H and O–H groups in total. The van der Waals surface area contributed by atoms with Crippen LogP contribution in [0.15, 0.2) is 24.5 Å². The fourth-order valence-corrected chi connectivity index (χ4v) is 2.09. The molecule has 0 radical (unpaired) electrons. The number of hydrogen-bond donors (Lipinski definition) is 3. The van der Waals surface area contributed by atoms with E-state index in [1.165, 1.54) is 11.2 Å². The molecule has 2 heterocycles. The molecule has 132 valence electrons. The van der Waals surface area contributed by atoms with E-state index in [1.54, 1.807) is 13.1 Å². The van der Waals surface area contributed by atoms with E-state index in [2.05, 4.69) is 20.3 Å². The van der Waals surface area contributed by atoms with Gasteiger partial charge in [-0.1, -0.05) is 6.92 Å². The Morgan fingerprint density at radius 3 is 2.68 bits per heavy atom. The number of nitrogens with zero attached hydrogens (tertiary/aromatic N) is 4. The summed E-state index contributed by atoms with van der Waals surface area (Å²) in [6.45, 7) is 3.78. The summed E-state index contributed by atoms with van der Waals surface area (Å²) in [6.07, 6.45) is 4.80. The highest BCUT2D eigenvalue weighted by atomic mass is 16.1. The third-order valence-electron chi connectivity index (χ3n) is 3.62. The third kappa shape index (κ3) is 4.48. The van der Waals surface area contributed by atoms with Gasteiger partial charge in [0.1, 0.15) is 6.29 Å². The number of hydrazine groups is 1.